The number of nitro benzene ring substituents is 1. The topological polar surface area (TPSA) is 125 Å². The Hall–Kier alpha value is -3.72. The fraction of sp³-hybridized carbons (Fsp3) is 0.105. The summed E-state index contributed by atoms with van der Waals surface area (Å²) in [6.07, 6.45) is -1.39. The van der Waals surface area contributed by atoms with E-state index < -0.39 is 28.6 Å². The van der Waals surface area contributed by atoms with Crippen molar-refractivity contribution in [2.75, 3.05) is 5.32 Å². The number of anilines is 1. The third kappa shape index (κ3) is 4.77. The molecule has 9 nitrogen and oxygen atoms in total. The average molecular weight is 416 g/mol. The van der Waals surface area contributed by atoms with Crippen LogP contribution in [0.2, 0.25) is 5.02 Å². The quantitative estimate of drug-likeness (QED) is 0.365. The molecule has 0 bridgehead atoms. The molecule has 0 radical (unpaired) electrons. The standard InChI is InChI=1S/C19H14ClN3O6/c1-11-9-16(22-29-11)21-18(24)17(12-5-3-2-4-6-12)28-19(25)14-10-13(20)7-8-15(14)23(26)27/h2-10,17H,1H3,(H,21,22,24). The fourth-order valence-corrected chi connectivity index (χ4v) is 2.69. The number of nitro groups is 1. The summed E-state index contributed by atoms with van der Waals surface area (Å²) < 4.78 is 10.2. The Morgan fingerprint density at radius 1 is 1.21 bits per heavy atom. The molecule has 2 aromatic carbocycles. The molecular formula is C19H14ClN3O6. The van der Waals surface area contributed by atoms with Crippen LogP contribution >= 0.6 is 11.6 Å². The van der Waals surface area contributed by atoms with Crippen LogP contribution in [0.15, 0.2) is 59.1 Å². The van der Waals surface area contributed by atoms with Crippen LogP contribution < -0.4 is 5.32 Å². The molecule has 148 valence electrons. The van der Waals surface area contributed by atoms with Crippen molar-refractivity contribution in [1.82, 2.24) is 5.16 Å². The maximum absolute atomic E-state index is 12.7. The Kier molecular flexibility index (Phi) is 5.89. The number of benzene rings is 2. The SMILES string of the molecule is Cc1cc(NC(=O)C(OC(=O)c2cc(Cl)ccc2[N+](=O)[O-])c2ccccc2)no1. The summed E-state index contributed by atoms with van der Waals surface area (Å²) in [5, 5.41) is 17.5. The summed E-state index contributed by atoms with van der Waals surface area (Å²) in [5.41, 5.74) is -0.490. The Labute approximate surface area is 169 Å². The van der Waals surface area contributed by atoms with Gasteiger partial charge in [0.2, 0.25) is 6.10 Å². The Morgan fingerprint density at radius 2 is 1.93 bits per heavy atom. The number of nitrogens with one attached hydrogen (secondary N) is 1. The molecule has 3 aromatic rings. The number of aromatic nitrogens is 1. The predicted octanol–water partition coefficient (Wildman–Crippen LogP) is 4.08. The van der Waals surface area contributed by atoms with Crippen molar-refractivity contribution < 1.29 is 23.8 Å². The smallest absolute Gasteiger partial charge is 0.346 e. The highest BCUT2D eigenvalue weighted by Gasteiger charge is 2.30. The molecule has 1 atom stereocenters. The number of amides is 1. The third-order valence-corrected chi connectivity index (χ3v) is 4.05. The first-order valence-electron chi connectivity index (χ1n) is 8.29. The van der Waals surface area contributed by atoms with Crippen LogP contribution in [-0.4, -0.2) is 22.0 Å². The molecule has 10 heteroatoms. The summed E-state index contributed by atoms with van der Waals surface area (Å²) >= 11 is 5.86. The van der Waals surface area contributed by atoms with E-state index in [0.29, 0.717) is 11.3 Å². The number of carbonyl (C=O) groups is 2. The molecule has 1 heterocycles. The number of aryl methyl sites for hydroxylation is 1. The number of rotatable bonds is 6. The zero-order valence-corrected chi connectivity index (χ0v) is 15.8. The largest absolute Gasteiger partial charge is 0.443 e. The number of carbonyl (C=O) groups excluding carboxylic acids is 2. The minimum Gasteiger partial charge on any atom is -0.443 e. The monoisotopic (exact) mass is 415 g/mol. The lowest BCUT2D eigenvalue weighted by Gasteiger charge is -2.17. The highest BCUT2D eigenvalue weighted by Crippen LogP contribution is 2.27. The van der Waals surface area contributed by atoms with Crippen molar-refractivity contribution >= 4 is 35.0 Å². The summed E-state index contributed by atoms with van der Waals surface area (Å²) in [5.74, 6) is -1.16. The second-order valence-electron chi connectivity index (χ2n) is 5.93. The van der Waals surface area contributed by atoms with Crippen LogP contribution in [0.5, 0.6) is 0 Å². The molecule has 0 saturated heterocycles. The first-order chi connectivity index (χ1) is 13.8. The number of halogens is 1. The van der Waals surface area contributed by atoms with Gasteiger partial charge in [-0.05, 0) is 19.1 Å². The van der Waals surface area contributed by atoms with Gasteiger partial charge in [-0.25, -0.2) is 4.79 Å². The van der Waals surface area contributed by atoms with Gasteiger partial charge in [0.1, 0.15) is 11.3 Å². The van der Waals surface area contributed by atoms with E-state index in [2.05, 4.69) is 10.5 Å². The van der Waals surface area contributed by atoms with Gasteiger partial charge in [0.05, 0.1) is 4.92 Å². The molecule has 0 aliphatic carbocycles. The zero-order valence-electron chi connectivity index (χ0n) is 15.0. The molecule has 3 rings (SSSR count). The van der Waals surface area contributed by atoms with Gasteiger partial charge in [-0.15, -0.1) is 0 Å². The van der Waals surface area contributed by atoms with Gasteiger partial charge in [0.15, 0.2) is 5.82 Å². The molecule has 0 aliphatic heterocycles. The number of esters is 1. The summed E-state index contributed by atoms with van der Waals surface area (Å²) in [7, 11) is 0. The molecule has 1 aromatic heterocycles. The van der Waals surface area contributed by atoms with Crippen LogP contribution in [0.4, 0.5) is 11.5 Å². The lowest BCUT2D eigenvalue weighted by Crippen LogP contribution is -2.26. The van der Waals surface area contributed by atoms with E-state index in [1.807, 2.05) is 0 Å². The Morgan fingerprint density at radius 3 is 2.55 bits per heavy atom. The van der Waals surface area contributed by atoms with E-state index in [4.69, 9.17) is 20.9 Å². The lowest BCUT2D eigenvalue weighted by molar-refractivity contribution is -0.385. The van der Waals surface area contributed by atoms with Crippen molar-refractivity contribution in [1.29, 1.82) is 0 Å². The summed E-state index contributed by atoms with van der Waals surface area (Å²) in [4.78, 5) is 35.9. The molecule has 0 fully saturated rings. The van der Waals surface area contributed by atoms with Crippen molar-refractivity contribution in [3.8, 4) is 0 Å². The highest BCUT2D eigenvalue weighted by atomic mass is 35.5. The van der Waals surface area contributed by atoms with Gasteiger partial charge < -0.3 is 14.6 Å². The van der Waals surface area contributed by atoms with Crippen LogP contribution in [0.25, 0.3) is 0 Å². The number of ether oxygens (including phenoxy) is 1. The highest BCUT2D eigenvalue weighted by molar-refractivity contribution is 6.31. The van der Waals surface area contributed by atoms with Gasteiger partial charge >= 0.3 is 5.97 Å². The van der Waals surface area contributed by atoms with Crippen molar-refractivity contribution in [3.05, 3.63) is 86.6 Å². The van der Waals surface area contributed by atoms with Crippen LogP contribution in [-0.2, 0) is 9.53 Å². The minimum absolute atomic E-state index is 0.112. The third-order valence-electron chi connectivity index (χ3n) is 3.82. The molecule has 0 aliphatic rings. The van der Waals surface area contributed by atoms with Crippen molar-refractivity contribution in [2.45, 2.75) is 13.0 Å². The number of hydrogen-bond acceptors (Lipinski definition) is 7. The van der Waals surface area contributed by atoms with Crippen LogP contribution in [0, 0.1) is 17.0 Å². The minimum atomic E-state index is -1.39. The van der Waals surface area contributed by atoms with E-state index in [9.17, 15) is 19.7 Å². The number of nitrogens with zero attached hydrogens (tertiary/aromatic N) is 2. The van der Waals surface area contributed by atoms with Crippen molar-refractivity contribution in [2.24, 2.45) is 0 Å². The summed E-state index contributed by atoms with van der Waals surface area (Å²) in [6, 6.07) is 13.2. The first kappa shape index (κ1) is 20.0. The predicted molar refractivity (Wildman–Crippen MR) is 103 cm³/mol. The molecular weight excluding hydrogens is 402 g/mol. The van der Waals surface area contributed by atoms with Gasteiger partial charge in [0, 0.05) is 22.7 Å². The van der Waals surface area contributed by atoms with E-state index in [0.717, 1.165) is 12.1 Å². The average Bonchev–Trinajstić information content (AvgIpc) is 3.10. The Bertz CT molecular complexity index is 1070. The molecule has 29 heavy (non-hydrogen) atoms. The lowest BCUT2D eigenvalue weighted by atomic mass is 10.1. The van der Waals surface area contributed by atoms with Gasteiger partial charge in [0.25, 0.3) is 11.6 Å². The molecule has 1 amide bonds. The van der Waals surface area contributed by atoms with Crippen molar-refractivity contribution in [3.63, 3.8) is 0 Å². The number of hydrogen-bond donors (Lipinski definition) is 1. The van der Waals surface area contributed by atoms with Gasteiger partial charge in [-0.3, -0.25) is 14.9 Å². The first-order valence-corrected chi connectivity index (χ1v) is 8.67. The fourth-order valence-electron chi connectivity index (χ4n) is 2.52. The zero-order chi connectivity index (χ0) is 21.0. The summed E-state index contributed by atoms with van der Waals surface area (Å²) in [6.45, 7) is 1.65. The van der Waals surface area contributed by atoms with E-state index in [1.54, 1.807) is 37.3 Å². The van der Waals surface area contributed by atoms with Crippen LogP contribution in [0.1, 0.15) is 27.8 Å². The second kappa shape index (κ2) is 8.53. The Balaban J connectivity index is 1.91. The van der Waals surface area contributed by atoms with Gasteiger partial charge in [-0.1, -0.05) is 47.1 Å². The maximum atomic E-state index is 12.7. The van der Waals surface area contributed by atoms with Gasteiger partial charge in [-0.2, -0.15) is 0 Å². The van der Waals surface area contributed by atoms with E-state index >= 15 is 0 Å². The molecule has 1 unspecified atom stereocenters. The normalized spacial score (nSPS) is 11.5. The van der Waals surface area contributed by atoms with E-state index in [1.165, 1.54) is 12.1 Å². The van der Waals surface area contributed by atoms with E-state index in [-0.39, 0.29) is 16.4 Å². The van der Waals surface area contributed by atoms with Crippen LogP contribution in [0.3, 0.4) is 0 Å². The maximum Gasteiger partial charge on any atom is 0.346 e. The second-order valence-corrected chi connectivity index (χ2v) is 6.36. The molecule has 0 spiro atoms. The molecule has 1 N–H and O–H groups in total. The molecule has 0 saturated carbocycles.